The second-order valence-corrected chi connectivity index (χ2v) is 5.39. The Labute approximate surface area is 118 Å². The van der Waals surface area contributed by atoms with Gasteiger partial charge in [-0.15, -0.1) is 0 Å². The van der Waals surface area contributed by atoms with Crippen molar-refractivity contribution >= 4 is 17.5 Å². The SMILES string of the molecule is CCn1ncc(Cl)c1C(=O)NC1(CCOC)CCC1. The summed E-state index contributed by atoms with van der Waals surface area (Å²) in [5, 5.41) is 7.61. The van der Waals surface area contributed by atoms with Crippen molar-refractivity contribution < 1.29 is 9.53 Å². The van der Waals surface area contributed by atoms with Gasteiger partial charge in [0.05, 0.1) is 11.2 Å². The highest BCUT2D eigenvalue weighted by Gasteiger charge is 2.38. The van der Waals surface area contributed by atoms with Crippen LogP contribution < -0.4 is 5.32 Å². The topological polar surface area (TPSA) is 56.2 Å². The van der Waals surface area contributed by atoms with Crippen molar-refractivity contribution in [3.63, 3.8) is 0 Å². The summed E-state index contributed by atoms with van der Waals surface area (Å²) >= 11 is 6.04. The average molecular weight is 286 g/mol. The molecule has 0 aromatic carbocycles. The van der Waals surface area contributed by atoms with Crippen LogP contribution in [0.15, 0.2) is 6.20 Å². The van der Waals surface area contributed by atoms with E-state index in [-0.39, 0.29) is 11.4 Å². The highest BCUT2D eigenvalue weighted by atomic mass is 35.5. The lowest BCUT2D eigenvalue weighted by atomic mass is 9.74. The fourth-order valence-electron chi connectivity index (χ4n) is 2.47. The molecular weight excluding hydrogens is 266 g/mol. The van der Waals surface area contributed by atoms with Crippen molar-refractivity contribution in [2.75, 3.05) is 13.7 Å². The molecule has 19 heavy (non-hydrogen) atoms. The summed E-state index contributed by atoms with van der Waals surface area (Å²) in [4.78, 5) is 12.4. The largest absolute Gasteiger partial charge is 0.385 e. The first-order chi connectivity index (χ1) is 9.12. The predicted molar refractivity (Wildman–Crippen MR) is 73.5 cm³/mol. The number of methoxy groups -OCH3 is 1. The smallest absolute Gasteiger partial charge is 0.271 e. The third-order valence-electron chi connectivity index (χ3n) is 3.78. The van der Waals surface area contributed by atoms with E-state index in [2.05, 4.69) is 10.4 Å². The predicted octanol–water partition coefficient (Wildman–Crippen LogP) is 2.25. The van der Waals surface area contributed by atoms with Crippen LogP contribution in [0.2, 0.25) is 5.02 Å². The molecule has 2 rings (SSSR count). The summed E-state index contributed by atoms with van der Waals surface area (Å²) in [7, 11) is 1.68. The first kappa shape index (κ1) is 14.3. The van der Waals surface area contributed by atoms with Gasteiger partial charge in [-0.2, -0.15) is 5.10 Å². The molecule has 0 radical (unpaired) electrons. The third kappa shape index (κ3) is 2.92. The van der Waals surface area contributed by atoms with Gasteiger partial charge >= 0.3 is 0 Å². The molecule has 1 aromatic heterocycles. The van der Waals surface area contributed by atoms with Gasteiger partial charge in [-0.25, -0.2) is 0 Å². The molecule has 0 unspecified atom stereocenters. The molecule has 1 aliphatic rings. The molecule has 1 N–H and O–H groups in total. The van der Waals surface area contributed by atoms with Crippen LogP contribution in [0.25, 0.3) is 0 Å². The van der Waals surface area contributed by atoms with E-state index < -0.39 is 0 Å². The lowest BCUT2D eigenvalue weighted by Gasteiger charge is -2.42. The molecule has 1 aromatic rings. The zero-order valence-electron chi connectivity index (χ0n) is 11.4. The summed E-state index contributed by atoms with van der Waals surface area (Å²) in [6.07, 6.45) is 5.50. The van der Waals surface area contributed by atoms with Gasteiger partial charge in [-0.1, -0.05) is 11.6 Å². The first-order valence-electron chi connectivity index (χ1n) is 6.64. The number of aryl methyl sites for hydroxylation is 1. The second kappa shape index (κ2) is 5.92. The van der Waals surface area contributed by atoms with E-state index in [0.717, 1.165) is 25.7 Å². The number of hydrogen-bond donors (Lipinski definition) is 1. The molecule has 1 fully saturated rings. The van der Waals surface area contributed by atoms with E-state index in [1.165, 1.54) is 6.20 Å². The monoisotopic (exact) mass is 285 g/mol. The van der Waals surface area contributed by atoms with Crippen LogP contribution in [0.5, 0.6) is 0 Å². The quantitative estimate of drug-likeness (QED) is 0.872. The van der Waals surface area contributed by atoms with Crippen molar-refractivity contribution in [1.29, 1.82) is 0 Å². The van der Waals surface area contributed by atoms with Gasteiger partial charge in [0.25, 0.3) is 5.91 Å². The Morgan fingerprint density at radius 1 is 1.63 bits per heavy atom. The van der Waals surface area contributed by atoms with Gasteiger partial charge < -0.3 is 10.1 Å². The van der Waals surface area contributed by atoms with E-state index in [1.807, 2.05) is 6.92 Å². The third-order valence-corrected chi connectivity index (χ3v) is 4.06. The number of nitrogens with one attached hydrogen (secondary N) is 1. The number of rotatable bonds is 6. The number of hydrogen-bond acceptors (Lipinski definition) is 3. The molecule has 106 valence electrons. The van der Waals surface area contributed by atoms with Crippen LogP contribution in [0.1, 0.15) is 43.1 Å². The maximum atomic E-state index is 12.4. The van der Waals surface area contributed by atoms with Gasteiger partial charge in [0, 0.05) is 25.8 Å². The van der Waals surface area contributed by atoms with Crippen molar-refractivity contribution in [1.82, 2.24) is 15.1 Å². The number of ether oxygens (including phenoxy) is 1. The van der Waals surface area contributed by atoms with E-state index >= 15 is 0 Å². The van der Waals surface area contributed by atoms with Gasteiger partial charge in [0.2, 0.25) is 0 Å². The van der Waals surface area contributed by atoms with Gasteiger partial charge in [0.1, 0.15) is 5.69 Å². The van der Waals surface area contributed by atoms with Crippen molar-refractivity contribution in [2.45, 2.75) is 44.7 Å². The Morgan fingerprint density at radius 3 is 2.89 bits per heavy atom. The van der Waals surface area contributed by atoms with E-state index in [4.69, 9.17) is 16.3 Å². The highest BCUT2D eigenvalue weighted by Crippen LogP contribution is 2.35. The molecular formula is C13H20ClN3O2. The Kier molecular flexibility index (Phi) is 4.47. The van der Waals surface area contributed by atoms with E-state index in [9.17, 15) is 4.79 Å². The number of aromatic nitrogens is 2. The van der Waals surface area contributed by atoms with Crippen LogP contribution in [-0.4, -0.2) is 34.9 Å². The zero-order valence-corrected chi connectivity index (χ0v) is 12.2. The molecule has 0 spiro atoms. The minimum absolute atomic E-state index is 0.126. The second-order valence-electron chi connectivity index (χ2n) is 4.99. The maximum absolute atomic E-state index is 12.4. The van der Waals surface area contributed by atoms with E-state index in [0.29, 0.717) is 23.9 Å². The molecule has 0 saturated heterocycles. The molecule has 0 atom stereocenters. The zero-order chi connectivity index (χ0) is 13.9. The van der Waals surface area contributed by atoms with Crippen LogP contribution in [0, 0.1) is 0 Å². The van der Waals surface area contributed by atoms with Crippen molar-refractivity contribution in [2.24, 2.45) is 0 Å². The van der Waals surface area contributed by atoms with Crippen LogP contribution >= 0.6 is 11.6 Å². The van der Waals surface area contributed by atoms with Gasteiger partial charge in [0.15, 0.2) is 0 Å². The first-order valence-corrected chi connectivity index (χ1v) is 7.02. The molecule has 0 bridgehead atoms. The average Bonchev–Trinajstić information content (AvgIpc) is 2.73. The number of carbonyl (C=O) groups is 1. The van der Waals surface area contributed by atoms with Gasteiger partial charge in [-0.3, -0.25) is 9.48 Å². The molecule has 0 aliphatic heterocycles. The lowest BCUT2D eigenvalue weighted by molar-refractivity contribution is 0.0720. The number of amides is 1. The minimum atomic E-state index is -0.139. The van der Waals surface area contributed by atoms with Gasteiger partial charge in [-0.05, 0) is 32.6 Å². The molecule has 1 amide bonds. The highest BCUT2D eigenvalue weighted by molar-refractivity contribution is 6.33. The summed E-state index contributed by atoms with van der Waals surface area (Å²) in [5.74, 6) is -0.139. The Hall–Kier alpha value is -1.07. The Balaban J connectivity index is 2.09. The summed E-state index contributed by atoms with van der Waals surface area (Å²) < 4.78 is 6.74. The fourth-order valence-corrected chi connectivity index (χ4v) is 2.69. The standard InChI is InChI=1S/C13H20ClN3O2/c1-3-17-11(10(14)9-15-17)12(18)16-13(5-4-6-13)7-8-19-2/h9H,3-8H2,1-2H3,(H,16,18). The minimum Gasteiger partial charge on any atom is -0.385 e. The molecule has 1 saturated carbocycles. The number of nitrogens with zero attached hydrogens (tertiary/aromatic N) is 2. The summed E-state index contributed by atoms with van der Waals surface area (Å²) in [5.41, 5.74) is 0.326. The maximum Gasteiger partial charge on any atom is 0.271 e. The van der Waals surface area contributed by atoms with Crippen LogP contribution in [0.3, 0.4) is 0 Å². The normalized spacial score (nSPS) is 17.0. The molecule has 1 aliphatic carbocycles. The summed E-state index contributed by atoms with van der Waals surface area (Å²) in [6.45, 7) is 3.21. The Bertz CT molecular complexity index is 455. The summed E-state index contributed by atoms with van der Waals surface area (Å²) in [6, 6.07) is 0. The number of carbonyl (C=O) groups excluding carboxylic acids is 1. The van der Waals surface area contributed by atoms with Crippen LogP contribution in [-0.2, 0) is 11.3 Å². The molecule has 5 nitrogen and oxygen atoms in total. The number of halogens is 1. The fraction of sp³-hybridized carbons (Fsp3) is 0.692. The molecule has 1 heterocycles. The van der Waals surface area contributed by atoms with Crippen molar-refractivity contribution in [3.8, 4) is 0 Å². The van der Waals surface area contributed by atoms with Crippen LogP contribution in [0.4, 0.5) is 0 Å². The molecule has 6 heteroatoms. The van der Waals surface area contributed by atoms with E-state index in [1.54, 1.807) is 11.8 Å². The Morgan fingerprint density at radius 2 is 2.37 bits per heavy atom. The lowest BCUT2D eigenvalue weighted by Crippen LogP contribution is -2.54. The van der Waals surface area contributed by atoms with Crippen molar-refractivity contribution in [3.05, 3.63) is 16.9 Å².